The van der Waals surface area contributed by atoms with Crippen molar-refractivity contribution in [3.05, 3.63) is 29.0 Å². The predicted molar refractivity (Wildman–Crippen MR) is 140 cm³/mol. The van der Waals surface area contributed by atoms with Crippen LogP contribution in [0.5, 0.6) is 0 Å². The number of aryl methyl sites for hydroxylation is 1. The number of amides is 3. The molecule has 2 rings (SSSR count). The van der Waals surface area contributed by atoms with Crippen molar-refractivity contribution in [2.75, 3.05) is 18.5 Å². The zero-order valence-electron chi connectivity index (χ0n) is 23.7. The van der Waals surface area contributed by atoms with Crippen LogP contribution < -0.4 is 5.32 Å². The summed E-state index contributed by atoms with van der Waals surface area (Å²) in [5.41, 5.74) is 0.515. The normalized spacial score (nSPS) is 14.4. The van der Waals surface area contributed by atoms with Crippen LogP contribution in [0, 0.1) is 6.92 Å². The second-order valence-electron chi connectivity index (χ2n) is 11.8. The molecule has 1 aliphatic rings. The number of nitrogens with zero attached hydrogens (tertiary/aromatic N) is 2. The zero-order valence-corrected chi connectivity index (χ0v) is 23.7. The van der Waals surface area contributed by atoms with Gasteiger partial charge in [0.25, 0.3) is 0 Å². The molecule has 0 aliphatic carbocycles. The van der Waals surface area contributed by atoms with E-state index >= 15 is 0 Å². The molecular formula is C27H41N3O7. The topological polar surface area (TPSA) is 116 Å². The molecule has 0 bridgehead atoms. The Labute approximate surface area is 219 Å². The fourth-order valence-electron chi connectivity index (χ4n) is 3.42. The van der Waals surface area contributed by atoms with Gasteiger partial charge in [-0.25, -0.2) is 24.3 Å². The number of hydrogen-bond donors (Lipinski definition) is 1. The largest absolute Gasteiger partial charge is 0.444 e. The number of carbonyl (C=O) groups excluding carboxylic acids is 3. The van der Waals surface area contributed by atoms with Gasteiger partial charge in [-0.3, -0.25) is 5.32 Å². The molecule has 10 nitrogen and oxygen atoms in total. The van der Waals surface area contributed by atoms with Gasteiger partial charge >= 0.3 is 18.3 Å². The maximum Gasteiger partial charge on any atom is 0.420 e. The Morgan fingerprint density at radius 3 is 1.95 bits per heavy atom. The van der Waals surface area contributed by atoms with Crippen LogP contribution in [-0.4, -0.2) is 58.2 Å². The van der Waals surface area contributed by atoms with Crippen molar-refractivity contribution in [2.24, 2.45) is 0 Å². The molecular weight excluding hydrogens is 478 g/mol. The van der Waals surface area contributed by atoms with Crippen LogP contribution >= 0.6 is 0 Å². The minimum Gasteiger partial charge on any atom is -0.444 e. The standard InChI is InChI=1S/C27H41N3O7/c1-17-20(16-30(23(32)36-26(5,6)7)24(33)37-27(8,9)10)19(18-11-13-34-14-12-18)15-21(28-17)29-22(31)35-25(2,3)4/h11,15H,12-14,16H2,1-10H3,(H,28,29,31). The van der Waals surface area contributed by atoms with Gasteiger partial charge in [0.15, 0.2) is 0 Å². The van der Waals surface area contributed by atoms with Gasteiger partial charge in [0.1, 0.15) is 22.6 Å². The van der Waals surface area contributed by atoms with Gasteiger partial charge in [-0.05, 0) is 92.9 Å². The summed E-state index contributed by atoms with van der Waals surface area (Å²) in [6, 6.07) is 1.71. The van der Waals surface area contributed by atoms with E-state index in [2.05, 4.69) is 10.3 Å². The van der Waals surface area contributed by atoms with E-state index in [1.54, 1.807) is 75.3 Å². The van der Waals surface area contributed by atoms with Gasteiger partial charge in [0, 0.05) is 11.3 Å². The minimum absolute atomic E-state index is 0.136. The Hall–Kier alpha value is -3.14. The van der Waals surface area contributed by atoms with Gasteiger partial charge in [-0.2, -0.15) is 0 Å². The van der Waals surface area contributed by atoms with Crippen LogP contribution in [0.1, 0.15) is 85.6 Å². The molecule has 3 amide bonds. The van der Waals surface area contributed by atoms with E-state index in [-0.39, 0.29) is 6.54 Å². The van der Waals surface area contributed by atoms with Crippen LogP contribution in [0.15, 0.2) is 12.1 Å². The SMILES string of the molecule is Cc1nc(NC(=O)OC(C)(C)C)cc(C2=CCOCC2)c1CN(C(=O)OC(C)(C)C)C(=O)OC(C)(C)C. The molecule has 0 aromatic carbocycles. The number of carbonyl (C=O) groups is 3. The monoisotopic (exact) mass is 519 g/mol. The highest BCUT2D eigenvalue weighted by Crippen LogP contribution is 2.30. The first kappa shape index (κ1) is 30.1. The molecule has 0 unspecified atom stereocenters. The average molecular weight is 520 g/mol. The third-order valence-electron chi connectivity index (χ3n) is 4.81. The van der Waals surface area contributed by atoms with Crippen molar-refractivity contribution < 1.29 is 33.3 Å². The highest BCUT2D eigenvalue weighted by Gasteiger charge is 2.33. The predicted octanol–water partition coefficient (Wildman–Crippen LogP) is 6.21. The van der Waals surface area contributed by atoms with E-state index in [1.165, 1.54) is 0 Å². The van der Waals surface area contributed by atoms with E-state index < -0.39 is 35.1 Å². The van der Waals surface area contributed by atoms with Crippen molar-refractivity contribution in [1.29, 1.82) is 0 Å². The Morgan fingerprint density at radius 1 is 0.946 bits per heavy atom. The first-order chi connectivity index (χ1) is 16.8. The lowest BCUT2D eigenvalue weighted by molar-refractivity contribution is -0.000330. The van der Waals surface area contributed by atoms with E-state index in [1.807, 2.05) is 6.08 Å². The lowest BCUT2D eigenvalue weighted by Gasteiger charge is -2.30. The first-order valence-corrected chi connectivity index (χ1v) is 12.4. The van der Waals surface area contributed by atoms with Gasteiger partial charge in [0.05, 0.1) is 19.8 Å². The second-order valence-corrected chi connectivity index (χ2v) is 11.8. The van der Waals surface area contributed by atoms with Crippen LogP contribution in [0.25, 0.3) is 5.57 Å². The Morgan fingerprint density at radius 2 is 1.49 bits per heavy atom. The van der Waals surface area contributed by atoms with E-state index in [0.29, 0.717) is 36.7 Å². The number of imide groups is 1. The highest BCUT2D eigenvalue weighted by molar-refractivity contribution is 5.89. The number of nitrogens with one attached hydrogen (secondary N) is 1. The van der Waals surface area contributed by atoms with Crippen molar-refractivity contribution >= 4 is 29.7 Å². The van der Waals surface area contributed by atoms with E-state index in [4.69, 9.17) is 18.9 Å². The highest BCUT2D eigenvalue weighted by atomic mass is 16.6. The third kappa shape index (κ3) is 10.0. The molecule has 2 heterocycles. The van der Waals surface area contributed by atoms with Gasteiger partial charge in [-0.15, -0.1) is 0 Å². The molecule has 1 aliphatic heterocycles. The zero-order chi connectivity index (χ0) is 28.2. The summed E-state index contributed by atoms with van der Waals surface area (Å²) < 4.78 is 21.9. The minimum atomic E-state index is -0.830. The Balaban J connectivity index is 2.53. The van der Waals surface area contributed by atoms with E-state index in [9.17, 15) is 14.4 Å². The molecule has 1 aromatic rings. The third-order valence-corrected chi connectivity index (χ3v) is 4.81. The maximum atomic E-state index is 13.1. The van der Waals surface area contributed by atoms with Crippen molar-refractivity contribution in [2.45, 2.75) is 99.0 Å². The summed E-state index contributed by atoms with van der Waals surface area (Å²) in [4.78, 5) is 44.1. The molecule has 0 spiro atoms. The molecule has 0 fully saturated rings. The Kier molecular flexibility index (Phi) is 9.35. The van der Waals surface area contributed by atoms with Gasteiger partial charge in [-0.1, -0.05) is 6.08 Å². The number of hydrogen-bond acceptors (Lipinski definition) is 8. The summed E-state index contributed by atoms with van der Waals surface area (Å²) in [7, 11) is 0. The van der Waals surface area contributed by atoms with Crippen molar-refractivity contribution in [3.63, 3.8) is 0 Å². The lowest BCUT2D eigenvalue weighted by atomic mass is 9.95. The number of pyridine rings is 1. The fraction of sp³-hybridized carbons (Fsp3) is 0.630. The molecule has 1 N–H and O–H groups in total. The number of ether oxygens (including phenoxy) is 4. The summed E-state index contributed by atoms with van der Waals surface area (Å²) in [5.74, 6) is 0.291. The van der Waals surface area contributed by atoms with E-state index in [0.717, 1.165) is 16.0 Å². The second kappa shape index (κ2) is 11.5. The maximum absolute atomic E-state index is 13.1. The van der Waals surface area contributed by atoms with Crippen molar-refractivity contribution in [3.8, 4) is 0 Å². The lowest BCUT2D eigenvalue weighted by Crippen LogP contribution is -2.43. The molecule has 0 saturated heterocycles. The summed E-state index contributed by atoms with van der Waals surface area (Å²) in [6.45, 7) is 18.2. The molecule has 10 heteroatoms. The fourth-order valence-corrected chi connectivity index (χ4v) is 3.42. The number of rotatable bonds is 4. The molecule has 0 atom stereocenters. The number of anilines is 1. The summed E-state index contributed by atoms with van der Waals surface area (Å²) in [5, 5.41) is 2.68. The van der Waals surface area contributed by atoms with Crippen molar-refractivity contribution in [1.82, 2.24) is 9.88 Å². The number of aromatic nitrogens is 1. The molecule has 37 heavy (non-hydrogen) atoms. The Bertz CT molecular complexity index is 1020. The van der Waals surface area contributed by atoms with Crippen LogP contribution in [-0.2, 0) is 25.5 Å². The smallest absolute Gasteiger partial charge is 0.420 e. The molecule has 1 aromatic heterocycles. The molecule has 206 valence electrons. The molecule has 0 radical (unpaired) electrons. The average Bonchev–Trinajstić information content (AvgIpc) is 2.69. The summed E-state index contributed by atoms with van der Waals surface area (Å²) >= 11 is 0. The quantitative estimate of drug-likeness (QED) is 0.467. The first-order valence-electron chi connectivity index (χ1n) is 12.4. The van der Waals surface area contributed by atoms with Crippen LogP contribution in [0.2, 0.25) is 0 Å². The molecule has 0 saturated carbocycles. The van der Waals surface area contributed by atoms with Gasteiger partial charge < -0.3 is 18.9 Å². The van der Waals surface area contributed by atoms with Gasteiger partial charge in [0.2, 0.25) is 0 Å². The van der Waals surface area contributed by atoms with Crippen LogP contribution in [0.4, 0.5) is 20.2 Å². The summed E-state index contributed by atoms with van der Waals surface area (Å²) in [6.07, 6.45) is 0.252. The van der Waals surface area contributed by atoms with Crippen LogP contribution in [0.3, 0.4) is 0 Å².